The lowest BCUT2D eigenvalue weighted by Crippen LogP contribution is -2.09. The van der Waals surface area contributed by atoms with Gasteiger partial charge in [0, 0.05) is 4.43 Å². The fourth-order valence-corrected chi connectivity index (χ4v) is 2.12. The minimum Gasteiger partial charge on any atom is -0.461 e. The van der Waals surface area contributed by atoms with Crippen molar-refractivity contribution in [1.82, 2.24) is 0 Å². The van der Waals surface area contributed by atoms with Crippen LogP contribution in [-0.4, -0.2) is 16.5 Å². The van der Waals surface area contributed by atoms with Crippen LogP contribution in [0.15, 0.2) is 0 Å². The first-order valence-corrected chi connectivity index (χ1v) is 5.92. The zero-order valence-corrected chi connectivity index (χ0v) is 9.71. The van der Waals surface area contributed by atoms with Gasteiger partial charge in [0.25, 0.3) is 0 Å². The van der Waals surface area contributed by atoms with Crippen LogP contribution in [0.5, 0.6) is 0 Å². The summed E-state index contributed by atoms with van der Waals surface area (Å²) in [6.45, 7) is 4.29. The molecular weight excluding hydrogens is 267 g/mol. The highest BCUT2D eigenvalue weighted by molar-refractivity contribution is 14.1. The highest BCUT2D eigenvalue weighted by atomic mass is 127. The molecular formula is C9H15IO2. The molecule has 0 unspecified atom stereocenters. The summed E-state index contributed by atoms with van der Waals surface area (Å²) in [6.07, 6.45) is 2.09. The number of hydrogen-bond acceptors (Lipinski definition) is 2. The average molecular weight is 282 g/mol. The summed E-state index contributed by atoms with van der Waals surface area (Å²) in [6, 6.07) is 0. The molecule has 1 heterocycles. The zero-order chi connectivity index (χ0) is 9.14. The van der Waals surface area contributed by atoms with E-state index in [9.17, 15) is 4.79 Å². The molecule has 2 nitrogen and oxygen atoms in total. The molecule has 0 amide bonds. The van der Waals surface area contributed by atoms with Gasteiger partial charge in [-0.25, -0.2) is 0 Å². The van der Waals surface area contributed by atoms with E-state index < -0.39 is 0 Å². The summed E-state index contributed by atoms with van der Waals surface area (Å²) in [5, 5.41) is 0. The first kappa shape index (κ1) is 10.3. The Kier molecular flexibility index (Phi) is 3.80. The monoisotopic (exact) mass is 282 g/mol. The predicted molar refractivity (Wildman–Crippen MR) is 56.3 cm³/mol. The maximum absolute atomic E-state index is 11.3. The second-order valence-corrected chi connectivity index (χ2v) is 4.66. The summed E-state index contributed by atoms with van der Waals surface area (Å²) >= 11 is 2.27. The molecule has 0 aromatic rings. The SMILES string of the molecule is CC(C)C[C@@H]1C[C@@H](CI)OC1=O. The van der Waals surface area contributed by atoms with Crippen LogP contribution in [0, 0.1) is 11.8 Å². The molecule has 0 aromatic carbocycles. The summed E-state index contributed by atoms with van der Waals surface area (Å²) in [5.41, 5.74) is 0. The van der Waals surface area contributed by atoms with Crippen LogP contribution in [0.2, 0.25) is 0 Å². The third-order valence-corrected chi connectivity index (χ3v) is 3.07. The molecule has 3 heteroatoms. The molecule has 0 N–H and O–H groups in total. The zero-order valence-electron chi connectivity index (χ0n) is 7.55. The van der Waals surface area contributed by atoms with E-state index in [1.54, 1.807) is 0 Å². The Morgan fingerprint density at radius 2 is 2.33 bits per heavy atom. The molecule has 0 spiro atoms. The lowest BCUT2D eigenvalue weighted by Gasteiger charge is -2.07. The van der Waals surface area contributed by atoms with E-state index in [4.69, 9.17) is 4.74 Å². The van der Waals surface area contributed by atoms with Gasteiger partial charge in [-0.15, -0.1) is 0 Å². The van der Waals surface area contributed by atoms with Crippen molar-refractivity contribution in [2.24, 2.45) is 11.8 Å². The predicted octanol–water partition coefficient (Wildman–Crippen LogP) is 2.40. The topological polar surface area (TPSA) is 26.3 Å². The first-order valence-electron chi connectivity index (χ1n) is 4.40. The number of alkyl halides is 1. The van der Waals surface area contributed by atoms with Crippen molar-refractivity contribution in [3.63, 3.8) is 0 Å². The molecule has 0 aliphatic carbocycles. The average Bonchev–Trinajstić information content (AvgIpc) is 2.31. The second kappa shape index (κ2) is 4.44. The molecule has 70 valence electrons. The van der Waals surface area contributed by atoms with Gasteiger partial charge < -0.3 is 4.74 Å². The highest BCUT2D eigenvalue weighted by Gasteiger charge is 2.33. The van der Waals surface area contributed by atoms with E-state index in [0.29, 0.717) is 5.92 Å². The fourth-order valence-electron chi connectivity index (χ4n) is 1.58. The quantitative estimate of drug-likeness (QED) is 0.451. The number of esters is 1. The van der Waals surface area contributed by atoms with Crippen LogP contribution in [0.3, 0.4) is 0 Å². The molecule has 2 atom stereocenters. The van der Waals surface area contributed by atoms with Gasteiger partial charge >= 0.3 is 5.97 Å². The van der Waals surface area contributed by atoms with Crippen molar-refractivity contribution in [3.05, 3.63) is 0 Å². The van der Waals surface area contributed by atoms with Crippen LogP contribution in [0.25, 0.3) is 0 Å². The van der Waals surface area contributed by atoms with Gasteiger partial charge in [0.15, 0.2) is 0 Å². The maximum Gasteiger partial charge on any atom is 0.309 e. The third-order valence-electron chi connectivity index (χ3n) is 2.09. The van der Waals surface area contributed by atoms with Crippen LogP contribution >= 0.6 is 22.6 Å². The smallest absolute Gasteiger partial charge is 0.309 e. The van der Waals surface area contributed by atoms with Crippen LogP contribution < -0.4 is 0 Å². The summed E-state index contributed by atoms with van der Waals surface area (Å²) < 4.78 is 6.11. The third kappa shape index (κ3) is 2.61. The summed E-state index contributed by atoms with van der Waals surface area (Å²) in [5.74, 6) is 0.783. The maximum atomic E-state index is 11.3. The van der Waals surface area contributed by atoms with Crippen molar-refractivity contribution in [1.29, 1.82) is 0 Å². The van der Waals surface area contributed by atoms with Crippen LogP contribution in [0.4, 0.5) is 0 Å². The van der Waals surface area contributed by atoms with Crippen molar-refractivity contribution in [2.75, 3.05) is 4.43 Å². The van der Waals surface area contributed by atoms with Crippen molar-refractivity contribution in [3.8, 4) is 0 Å². The van der Waals surface area contributed by atoms with Crippen molar-refractivity contribution < 1.29 is 9.53 Å². The van der Waals surface area contributed by atoms with Gasteiger partial charge in [-0.1, -0.05) is 36.4 Å². The molecule has 1 fully saturated rings. The van der Waals surface area contributed by atoms with Gasteiger partial charge in [-0.2, -0.15) is 0 Å². The van der Waals surface area contributed by atoms with E-state index in [-0.39, 0.29) is 18.0 Å². The molecule has 12 heavy (non-hydrogen) atoms. The van der Waals surface area contributed by atoms with E-state index in [0.717, 1.165) is 17.3 Å². The molecule has 1 rings (SSSR count). The van der Waals surface area contributed by atoms with Gasteiger partial charge in [-0.3, -0.25) is 4.79 Å². The lowest BCUT2D eigenvalue weighted by molar-refractivity contribution is -0.143. The summed E-state index contributed by atoms with van der Waals surface area (Å²) in [7, 11) is 0. The van der Waals surface area contributed by atoms with E-state index in [1.165, 1.54) is 0 Å². The lowest BCUT2D eigenvalue weighted by atomic mass is 9.95. The molecule has 1 aliphatic rings. The van der Waals surface area contributed by atoms with Crippen molar-refractivity contribution in [2.45, 2.75) is 32.8 Å². The Hall–Kier alpha value is 0.200. The minimum absolute atomic E-state index is 0.0189. The Morgan fingerprint density at radius 1 is 1.67 bits per heavy atom. The minimum atomic E-state index is 0.0189. The number of hydrogen-bond donors (Lipinski definition) is 0. The first-order chi connectivity index (χ1) is 5.63. The second-order valence-electron chi connectivity index (χ2n) is 3.78. The molecule has 1 aliphatic heterocycles. The normalized spacial score (nSPS) is 29.5. The van der Waals surface area contributed by atoms with E-state index >= 15 is 0 Å². The van der Waals surface area contributed by atoms with E-state index in [1.807, 2.05) is 0 Å². The molecule has 0 saturated carbocycles. The Morgan fingerprint density at radius 3 is 2.75 bits per heavy atom. The Labute approximate surface area is 87.2 Å². The number of carbonyl (C=O) groups is 1. The number of rotatable bonds is 3. The molecule has 0 radical (unpaired) electrons. The van der Waals surface area contributed by atoms with E-state index in [2.05, 4.69) is 36.4 Å². The number of halogens is 1. The fraction of sp³-hybridized carbons (Fsp3) is 0.889. The molecule has 0 bridgehead atoms. The Balaban J connectivity index is 2.41. The molecule has 0 aromatic heterocycles. The Bertz CT molecular complexity index is 168. The van der Waals surface area contributed by atoms with Gasteiger partial charge in [-0.05, 0) is 18.8 Å². The van der Waals surface area contributed by atoms with Crippen molar-refractivity contribution >= 4 is 28.6 Å². The standard InChI is InChI=1S/C9H15IO2/c1-6(2)3-7-4-8(5-10)12-9(7)11/h6-8H,3-5H2,1-2H3/t7-,8+/m1/s1. The number of carbonyl (C=O) groups excluding carboxylic acids is 1. The number of cyclic esters (lactones) is 1. The summed E-state index contributed by atoms with van der Waals surface area (Å²) in [4.78, 5) is 11.3. The molecule has 1 saturated heterocycles. The van der Waals surface area contributed by atoms with Crippen LogP contribution in [-0.2, 0) is 9.53 Å². The van der Waals surface area contributed by atoms with Gasteiger partial charge in [0.2, 0.25) is 0 Å². The largest absolute Gasteiger partial charge is 0.461 e. The van der Waals surface area contributed by atoms with Gasteiger partial charge in [0.1, 0.15) is 6.10 Å². The van der Waals surface area contributed by atoms with Crippen LogP contribution in [0.1, 0.15) is 26.7 Å². The number of ether oxygens (including phenoxy) is 1. The highest BCUT2D eigenvalue weighted by Crippen LogP contribution is 2.27. The van der Waals surface area contributed by atoms with Gasteiger partial charge in [0.05, 0.1) is 5.92 Å².